The third kappa shape index (κ3) is 5.68. The zero-order valence-electron chi connectivity index (χ0n) is 17.8. The molecule has 0 saturated carbocycles. The van der Waals surface area contributed by atoms with Gasteiger partial charge in [0.05, 0.1) is 36.2 Å². The van der Waals surface area contributed by atoms with Gasteiger partial charge in [-0.1, -0.05) is 12.1 Å². The molecule has 0 atom stereocenters. The molecule has 2 aliphatic heterocycles. The molecule has 2 aromatic carbocycles. The molecule has 0 N–H and O–H groups in total. The second-order valence-corrected chi connectivity index (χ2v) is 11.2. The standard InChI is InChI=1S/C20H24BN2O8S2/c24-32(25,22-7-11-28-12-8-22)19-5-1-3-17(15-19)30-21-31-18-4-2-6-20(16-18)33(26,27)23-9-13-29-14-10-23/h1-6,15-16H,7-14H2. The SMILES string of the molecule is O=S(=O)(c1cccc(O[B]Oc2cccc(S(=O)(=O)N3CCOCC3)c2)c1)N1CCOCC1. The van der Waals surface area contributed by atoms with Crippen molar-refractivity contribution in [1.29, 1.82) is 0 Å². The van der Waals surface area contributed by atoms with Gasteiger partial charge >= 0.3 is 7.69 Å². The maximum atomic E-state index is 12.8. The summed E-state index contributed by atoms with van der Waals surface area (Å²) in [4.78, 5) is 0.211. The number of nitrogens with zero attached hydrogens (tertiary/aromatic N) is 2. The minimum atomic E-state index is -3.66. The summed E-state index contributed by atoms with van der Waals surface area (Å²) in [5.74, 6) is 0.530. The molecule has 0 spiro atoms. The van der Waals surface area contributed by atoms with E-state index in [-0.39, 0.29) is 21.3 Å². The molecule has 13 heteroatoms. The van der Waals surface area contributed by atoms with Gasteiger partial charge in [0.15, 0.2) is 0 Å². The van der Waals surface area contributed by atoms with Gasteiger partial charge in [0, 0.05) is 26.2 Å². The Hall–Kier alpha value is -2.16. The molecule has 10 nitrogen and oxygen atoms in total. The molecule has 0 unspecified atom stereocenters. The second-order valence-electron chi connectivity index (χ2n) is 7.31. The predicted octanol–water partition coefficient (Wildman–Crippen LogP) is 0.720. The Balaban J connectivity index is 1.39. The molecular formula is C20H24BN2O8S2. The minimum absolute atomic E-state index is 0.105. The number of rotatable bonds is 8. The number of morpholine rings is 2. The van der Waals surface area contributed by atoms with Crippen molar-refractivity contribution in [2.24, 2.45) is 0 Å². The average Bonchev–Trinajstić information content (AvgIpc) is 2.85. The number of hydrogen-bond acceptors (Lipinski definition) is 8. The van der Waals surface area contributed by atoms with Crippen molar-refractivity contribution in [1.82, 2.24) is 8.61 Å². The summed E-state index contributed by atoms with van der Waals surface area (Å²) < 4.78 is 75.3. The van der Waals surface area contributed by atoms with Gasteiger partial charge in [0.25, 0.3) is 0 Å². The van der Waals surface area contributed by atoms with Crippen molar-refractivity contribution in [3.8, 4) is 11.5 Å². The van der Waals surface area contributed by atoms with Gasteiger partial charge in [-0.2, -0.15) is 8.61 Å². The summed E-state index contributed by atoms with van der Waals surface area (Å²) in [6.07, 6.45) is 0. The van der Waals surface area contributed by atoms with E-state index in [4.69, 9.17) is 18.8 Å². The molecule has 2 saturated heterocycles. The van der Waals surface area contributed by atoms with Crippen LogP contribution >= 0.6 is 0 Å². The number of hydrogen-bond donors (Lipinski definition) is 0. The van der Waals surface area contributed by atoms with Crippen LogP contribution in [0.5, 0.6) is 11.5 Å². The van der Waals surface area contributed by atoms with E-state index in [1.165, 1.54) is 32.9 Å². The quantitative estimate of drug-likeness (QED) is 0.493. The summed E-state index contributed by atoms with van der Waals surface area (Å²) >= 11 is 0. The summed E-state index contributed by atoms with van der Waals surface area (Å²) in [6.45, 7) is 2.63. The van der Waals surface area contributed by atoms with Crippen molar-refractivity contribution < 1.29 is 35.6 Å². The van der Waals surface area contributed by atoms with E-state index in [0.717, 1.165) is 7.69 Å². The number of sulfonamides is 2. The van der Waals surface area contributed by atoms with Crippen molar-refractivity contribution in [3.05, 3.63) is 48.5 Å². The van der Waals surface area contributed by atoms with Gasteiger partial charge in [-0.05, 0) is 36.4 Å². The van der Waals surface area contributed by atoms with Crippen LogP contribution in [0.25, 0.3) is 0 Å². The molecular weight excluding hydrogens is 471 g/mol. The number of benzene rings is 2. The van der Waals surface area contributed by atoms with Gasteiger partial charge in [0.1, 0.15) is 11.5 Å². The Morgan fingerprint density at radius 3 is 1.45 bits per heavy atom. The number of ether oxygens (including phenoxy) is 2. The molecule has 177 valence electrons. The van der Waals surface area contributed by atoms with Crippen LogP contribution in [0.1, 0.15) is 0 Å². The van der Waals surface area contributed by atoms with Crippen LogP contribution in [0, 0.1) is 0 Å². The van der Waals surface area contributed by atoms with E-state index in [1.54, 1.807) is 24.3 Å². The Labute approximate surface area is 194 Å². The second kappa shape index (κ2) is 10.4. The molecule has 2 heterocycles. The maximum Gasteiger partial charge on any atom is 0.658 e. The van der Waals surface area contributed by atoms with E-state index in [0.29, 0.717) is 52.6 Å². The van der Waals surface area contributed by atoms with Gasteiger partial charge < -0.3 is 18.8 Å². The Bertz CT molecular complexity index is 1070. The lowest BCUT2D eigenvalue weighted by molar-refractivity contribution is 0.0730. The van der Waals surface area contributed by atoms with Gasteiger partial charge in [0.2, 0.25) is 20.0 Å². The molecule has 33 heavy (non-hydrogen) atoms. The molecule has 0 amide bonds. The highest BCUT2D eigenvalue weighted by Crippen LogP contribution is 2.23. The summed E-state index contributed by atoms with van der Waals surface area (Å²) in [6, 6.07) is 12.2. The zero-order valence-corrected chi connectivity index (χ0v) is 19.5. The van der Waals surface area contributed by atoms with Crippen LogP contribution in [0.2, 0.25) is 0 Å². The van der Waals surface area contributed by atoms with E-state index in [9.17, 15) is 16.8 Å². The highest BCUT2D eigenvalue weighted by molar-refractivity contribution is 7.89. The Morgan fingerprint density at radius 1 is 0.667 bits per heavy atom. The molecule has 2 aliphatic rings. The van der Waals surface area contributed by atoms with Crippen LogP contribution in [-0.2, 0) is 29.5 Å². The van der Waals surface area contributed by atoms with Crippen molar-refractivity contribution >= 4 is 27.7 Å². The highest BCUT2D eigenvalue weighted by atomic mass is 32.2. The first kappa shape index (κ1) is 24.0. The van der Waals surface area contributed by atoms with Gasteiger partial charge in [-0.25, -0.2) is 16.8 Å². The fraction of sp³-hybridized carbons (Fsp3) is 0.400. The smallest absolute Gasteiger partial charge is 0.526 e. The van der Waals surface area contributed by atoms with E-state index in [2.05, 4.69) is 0 Å². The molecule has 1 radical (unpaired) electrons. The average molecular weight is 495 g/mol. The van der Waals surface area contributed by atoms with Crippen molar-refractivity contribution in [2.45, 2.75) is 9.79 Å². The first-order valence-corrected chi connectivity index (χ1v) is 13.3. The fourth-order valence-electron chi connectivity index (χ4n) is 3.42. The summed E-state index contributed by atoms with van der Waals surface area (Å²) in [7, 11) is -6.28. The first-order valence-electron chi connectivity index (χ1n) is 10.4. The third-order valence-electron chi connectivity index (χ3n) is 5.20. The monoisotopic (exact) mass is 495 g/mol. The van der Waals surface area contributed by atoms with E-state index < -0.39 is 20.0 Å². The largest absolute Gasteiger partial charge is 0.658 e. The Morgan fingerprint density at radius 2 is 1.06 bits per heavy atom. The Kier molecular flexibility index (Phi) is 7.56. The predicted molar refractivity (Wildman–Crippen MR) is 119 cm³/mol. The molecule has 0 aromatic heterocycles. The third-order valence-corrected chi connectivity index (χ3v) is 8.98. The van der Waals surface area contributed by atoms with Crippen LogP contribution in [-0.4, -0.2) is 85.7 Å². The van der Waals surface area contributed by atoms with Crippen LogP contribution < -0.4 is 9.31 Å². The summed E-state index contributed by atoms with van der Waals surface area (Å²) in [5, 5.41) is 0. The zero-order chi connectivity index (χ0) is 23.3. The van der Waals surface area contributed by atoms with E-state index in [1.807, 2.05) is 0 Å². The minimum Gasteiger partial charge on any atom is -0.526 e. The normalized spacial score (nSPS) is 18.5. The molecule has 4 rings (SSSR count). The lowest BCUT2D eigenvalue weighted by atomic mass is 10.3. The highest BCUT2D eigenvalue weighted by Gasteiger charge is 2.28. The molecule has 2 aromatic rings. The maximum absolute atomic E-state index is 12.8. The van der Waals surface area contributed by atoms with Crippen LogP contribution in [0.4, 0.5) is 0 Å². The van der Waals surface area contributed by atoms with Gasteiger partial charge in [-0.3, -0.25) is 0 Å². The van der Waals surface area contributed by atoms with Gasteiger partial charge in [-0.15, -0.1) is 0 Å². The summed E-state index contributed by atoms with van der Waals surface area (Å²) in [5.41, 5.74) is 0. The molecule has 2 fully saturated rings. The van der Waals surface area contributed by atoms with Crippen molar-refractivity contribution in [2.75, 3.05) is 52.6 Å². The van der Waals surface area contributed by atoms with Crippen molar-refractivity contribution in [3.63, 3.8) is 0 Å². The van der Waals surface area contributed by atoms with Crippen LogP contribution in [0.15, 0.2) is 58.3 Å². The van der Waals surface area contributed by atoms with E-state index >= 15 is 0 Å². The topological polar surface area (TPSA) is 112 Å². The first-order chi connectivity index (χ1) is 15.9. The fourth-order valence-corrected chi connectivity index (χ4v) is 6.31. The molecule has 0 aliphatic carbocycles. The lowest BCUT2D eigenvalue weighted by Crippen LogP contribution is -2.40. The van der Waals surface area contributed by atoms with Crippen LogP contribution in [0.3, 0.4) is 0 Å². The lowest BCUT2D eigenvalue weighted by Gasteiger charge is -2.26. The molecule has 0 bridgehead atoms.